The van der Waals surface area contributed by atoms with Crippen LogP contribution < -0.4 is 10.6 Å². The minimum Gasteiger partial charge on any atom is -0.478 e. The zero-order chi connectivity index (χ0) is 10.8. The molecule has 1 aliphatic rings. The number of hydrogen-bond acceptors (Lipinski definition) is 2. The zero-order valence-corrected chi connectivity index (χ0v) is 7.86. The van der Waals surface area contributed by atoms with E-state index in [0.717, 1.165) is 0 Å². The fourth-order valence-electron chi connectivity index (χ4n) is 1.64. The van der Waals surface area contributed by atoms with Gasteiger partial charge in [-0.25, -0.2) is 9.59 Å². The second-order valence-electron chi connectivity index (χ2n) is 3.30. The van der Waals surface area contributed by atoms with Crippen molar-refractivity contribution in [3.8, 4) is 0 Å². The van der Waals surface area contributed by atoms with Crippen LogP contribution in [0.5, 0.6) is 0 Å². The zero-order valence-electron chi connectivity index (χ0n) is 7.86. The molecule has 2 rings (SSSR count). The molecule has 5 heteroatoms. The number of hydrogen-bond donors (Lipinski definition) is 3. The van der Waals surface area contributed by atoms with Gasteiger partial charge in [0.1, 0.15) is 0 Å². The Bertz CT molecular complexity index is 417. The summed E-state index contributed by atoms with van der Waals surface area (Å²) in [6.07, 6.45) is 0. The SMILES string of the molecule is O=C1NC[C@@H](c2ccccc2C(=O)O)N1. The van der Waals surface area contributed by atoms with Crippen LogP contribution in [0.2, 0.25) is 0 Å². The van der Waals surface area contributed by atoms with Gasteiger partial charge in [0.15, 0.2) is 0 Å². The fraction of sp³-hybridized carbons (Fsp3) is 0.200. The Morgan fingerprint density at radius 1 is 1.40 bits per heavy atom. The first-order valence-corrected chi connectivity index (χ1v) is 4.55. The van der Waals surface area contributed by atoms with Crippen molar-refractivity contribution < 1.29 is 14.7 Å². The highest BCUT2D eigenvalue weighted by Crippen LogP contribution is 2.19. The largest absolute Gasteiger partial charge is 0.478 e. The lowest BCUT2D eigenvalue weighted by Crippen LogP contribution is -2.22. The van der Waals surface area contributed by atoms with E-state index in [2.05, 4.69) is 10.6 Å². The van der Waals surface area contributed by atoms with Crippen LogP contribution in [0.15, 0.2) is 24.3 Å². The van der Waals surface area contributed by atoms with Crippen LogP contribution in [-0.4, -0.2) is 23.7 Å². The number of urea groups is 1. The minimum atomic E-state index is -0.980. The van der Waals surface area contributed by atoms with Gasteiger partial charge in [0.2, 0.25) is 0 Å². The summed E-state index contributed by atoms with van der Waals surface area (Å²) < 4.78 is 0. The van der Waals surface area contributed by atoms with Gasteiger partial charge in [-0.3, -0.25) is 0 Å². The van der Waals surface area contributed by atoms with Crippen molar-refractivity contribution in [2.75, 3.05) is 6.54 Å². The van der Waals surface area contributed by atoms with E-state index in [1.165, 1.54) is 6.07 Å². The number of amides is 2. The lowest BCUT2D eigenvalue weighted by atomic mass is 10.0. The van der Waals surface area contributed by atoms with E-state index >= 15 is 0 Å². The molecule has 1 aromatic rings. The molecule has 5 nitrogen and oxygen atoms in total. The number of benzene rings is 1. The molecule has 78 valence electrons. The van der Waals surface area contributed by atoms with Crippen molar-refractivity contribution in [2.24, 2.45) is 0 Å². The van der Waals surface area contributed by atoms with Crippen molar-refractivity contribution in [3.63, 3.8) is 0 Å². The van der Waals surface area contributed by atoms with Crippen molar-refractivity contribution in [2.45, 2.75) is 6.04 Å². The molecule has 0 aromatic heterocycles. The summed E-state index contributed by atoms with van der Waals surface area (Å²) in [7, 11) is 0. The van der Waals surface area contributed by atoms with Gasteiger partial charge >= 0.3 is 12.0 Å². The van der Waals surface area contributed by atoms with Gasteiger partial charge in [-0.05, 0) is 11.6 Å². The standard InChI is InChI=1S/C10H10N2O3/c13-9(14)7-4-2-1-3-6(7)8-5-11-10(15)12-8/h1-4,8H,5H2,(H,13,14)(H2,11,12,15)/t8-/m0/s1. The fourth-order valence-corrected chi connectivity index (χ4v) is 1.64. The molecule has 0 bridgehead atoms. The number of carbonyl (C=O) groups excluding carboxylic acids is 1. The lowest BCUT2D eigenvalue weighted by molar-refractivity contribution is 0.0695. The first kappa shape index (κ1) is 9.51. The smallest absolute Gasteiger partial charge is 0.336 e. The van der Waals surface area contributed by atoms with Gasteiger partial charge in [0, 0.05) is 6.54 Å². The van der Waals surface area contributed by atoms with E-state index in [4.69, 9.17) is 5.11 Å². The Balaban J connectivity index is 2.35. The number of rotatable bonds is 2. The topological polar surface area (TPSA) is 78.4 Å². The van der Waals surface area contributed by atoms with E-state index in [9.17, 15) is 9.59 Å². The number of aromatic carboxylic acids is 1. The molecule has 15 heavy (non-hydrogen) atoms. The molecule has 0 radical (unpaired) electrons. The summed E-state index contributed by atoms with van der Waals surface area (Å²) in [6.45, 7) is 0.420. The monoisotopic (exact) mass is 206 g/mol. The Labute approximate surface area is 86.1 Å². The predicted octanol–water partition coefficient (Wildman–Crippen LogP) is 0.739. The summed E-state index contributed by atoms with van der Waals surface area (Å²) in [5, 5.41) is 14.2. The molecule has 0 spiro atoms. The Morgan fingerprint density at radius 2 is 2.13 bits per heavy atom. The maximum Gasteiger partial charge on any atom is 0.336 e. The third-order valence-corrected chi connectivity index (χ3v) is 2.34. The third kappa shape index (κ3) is 1.76. The highest BCUT2D eigenvalue weighted by Gasteiger charge is 2.25. The minimum absolute atomic E-state index is 0.228. The van der Waals surface area contributed by atoms with Crippen LogP contribution in [0.4, 0.5) is 4.79 Å². The van der Waals surface area contributed by atoms with E-state index in [-0.39, 0.29) is 17.6 Å². The molecular weight excluding hydrogens is 196 g/mol. The molecule has 2 amide bonds. The van der Waals surface area contributed by atoms with Crippen molar-refractivity contribution in [1.29, 1.82) is 0 Å². The van der Waals surface area contributed by atoms with E-state index in [1.54, 1.807) is 18.2 Å². The van der Waals surface area contributed by atoms with E-state index in [1.807, 2.05) is 0 Å². The van der Waals surface area contributed by atoms with Crippen molar-refractivity contribution >= 4 is 12.0 Å². The molecule has 3 N–H and O–H groups in total. The molecule has 1 saturated heterocycles. The highest BCUT2D eigenvalue weighted by molar-refractivity contribution is 5.90. The highest BCUT2D eigenvalue weighted by atomic mass is 16.4. The first-order valence-electron chi connectivity index (χ1n) is 4.55. The van der Waals surface area contributed by atoms with E-state index in [0.29, 0.717) is 12.1 Å². The summed E-state index contributed by atoms with van der Waals surface area (Å²) in [4.78, 5) is 21.9. The van der Waals surface area contributed by atoms with Gasteiger partial charge in [0.05, 0.1) is 11.6 Å². The van der Waals surface area contributed by atoms with Crippen LogP contribution in [0.1, 0.15) is 22.0 Å². The normalized spacial score (nSPS) is 19.5. The number of nitrogens with one attached hydrogen (secondary N) is 2. The Kier molecular flexibility index (Phi) is 2.29. The van der Waals surface area contributed by atoms with Crippen molar-refractivity contribution in [1.82, 2.24) is 10.6 Å². The molecule has 0 aliphatic carbocycles. The van der Waals surface area contributed by atoms with Gasteiger partial charge in [0.25, 0.3) is 0 Å². The average molecular weight is 206 g/mol. The lowest BCUT2D eigenvalue weighted by Gasteiger charge is -2.11. The second kappa shape index (κ2) is 3.61. The first-order chi connectivity index (χ1) is 7.18. The van der Waals surface area contributed by atoms with Gasteiger partial charge in [-0.1, -0.05) is 18.2 Å². The Hall–Kier alpha value is -2.04. The molecule has 1 atom stereocenters. The second-order valence-corrected chi connectivity index (χ2v) is 3.30. The number of carbonyl (C=O) groups is 2. The van der Waals surface area contributed by atoms with Crippen LogP contribution in [-0.2, 0) is 0 Å². The maximum atomic E-state index is 10.9. The van der Waals surface area contributed by atoms with Crippen LogP contribution in [0, 0.1) is 0 Å². The number of carboxylic acid groups (broad SMARTS) is 1. The van der Waals surface area contributed by atoms with Gasteiger partial charge < -0.3 is 15.7 Å². The maximum absolute atomic E-state index is 10.9. The third-order valence-electron chi connectivity index (χ3n) is 2.34. The molecule has 1 aliphatic heterocycles. The predicted molar refractivity (Wildman–Crippen MR) is 52.7 cm³/mol. The van der Waals surface area contributed by atoms with Crippen molar-refractivity contribution in [3.05, 3.63) is 35.4 Å². The molecule has 0 unspecified atom stereocenters. The van der Waals surface area contributed by atoms with Crippen LogP contribution in [0.3, 0.4) is 0 Å². The molecule has 1 heterocycles. The van der Waals surface area contributed by atoms with Gasteiger partial charge in [-0.2, -0.15) is 0 Å². The van der Waals surface area contributed by atoms with Crippen LogP contribution >= 0.6 is 0 Å². The summed E-state index contributed by atoms with van der Waals surface area (Å²) in [5.41, 5.74) is 0.856. The molecule has 1 fully saturated rings. The molecular formula is C10H10N2O3. The quantitative estimate of drug-likeness (QED) is 0.667. The molecule has 1 aromatic carbocycles. The number of carboxylic acids is 1. The molecule has 0 saturated carbocycles. The van der Waals surface area contributed by atoms with Crippen LogP contribution in [0.25, 0.3) is 0 Å². The summed E-state index contributed by atoms with van der Waals surface area (Å²) in [5.74, 6) is -0.980. The Morgan fingerprint density at radius 3 is 2.73 bits per heavy atom. The van der Waals surface area contributed by atoms with Gasteiger partial charge in [-0.15, -0.1) is 0 Å². The summed E-state index contributed by atoms with van der Waals surface area (Å²) >= 11 is 0. The van der Waals surface area contributed by atoms with E-state index < -0.39 is 5.97 Å². The summed E-state index contributed by atoms with van der Waals surface area (Å²) in [6, 6.07) is 6.14. The average Bonchev–Trinajstić information content (AvgIpc) is 2.65.